The van der Waals surface area contributed by atoms with Crippen molar-refractivity contribution in [3.63, 3.8) is 0 Å². The highest BCUT2D eigenvalue weighted by Crippen LogP contribution is 2.33. The number of hydrogen-bond donors (Lipinski definition) is 1. The van der Waals surface area contributed by atoms with Gasteiger partial charge in [-0.25, -0.2) is 4.98 Å². The normalized spacial score (nSPS) is 15.5. The van der Waals surface area contributed by atoms with Crippen molar-refractivity contribution in [2.45, 2.75) is 52.6 Å². The monoisotopic (exact) mass is 474 g/mol. The molecule has 0 atom stereocenters. The van der Waals surface area contributed by atoms with Crippen LogP contribution >= 0.6 is 24.0 Å². The van der Waals surface area contributed by atoms with Crippen LogP contribution in [0.4, 0.5) is 5.82 Å². The number of carbonyl (C=O) groups excluding carboxylic acids is 1. The van der Waals surface area contributed by atoms with Crippen LogP contribution in [-0.2, 0) is 9.53 Å². The van der Waals surface area contributed by atoms with Crippen LogP contribution in [-0.4, -0.2) is 50.3 Å². The zero-order chi connectivity index (χ0) is 23.1. The Hall–Kier alpha value is -2.23. The summed E-state index contributed by atoms with van der Waals surface area (Å²) in [6.07, 6.45) is 7.27. The first-order valence-corrected chi connectivity index (χ1v) is 12.3. The third-order valence-electron chi connectivity index (χ3n) is 4.97. The van der Waals surface area contributed by atoms with E-state index in [1.165, 1.54) is 16.2 Å². The molecule has 1 amide bonds. The number of fused-ring (bicyclic) bond motifs is 1. The minimum Gasteiger partial charge on any atom is -0.379 e. The molecule has 0 bridgehead atoms. The van der Waals surface area contributed by atoms with Crippen LogP contribution in [0.5, 0.6) is 0 Å². The Morgan fingerprint density at radius 2 is 2.06 bits per heavy atom. The fourth-order valence-electron chi connectivity index (χ4n) is 3.31. The molecule has 0 radical (unpaired) electrons. The zero-order valence-corrected chi connectivity index (χ0v) is 20.4. The molecule has 0 unspecified atom stereocenters. The van der Waals surface area contributed by atoms with E-state index in [-0.39, 0.29) is 17.6 Å². The smallest absolute Gasteiger partial charge is 0.267 e. The molecule has 172 valence electrons. The van der Waals surface area contributed by atoms with Crippen molar-refractivity contribution in [3.8, 4) is 0 Å². The van der Waals surface area contributed by atoms with Crippen LogP contribution in [0, 0.1) is 0 Å². The second-order valence-electron chi connectivity index (χ2n) is 7.85. The van der Waals surface area contributed by atoms with E-state index >= 15 is 0 Å². The summed E-state index contributed by atoms with van der Waals surface area (Å²) < 4.78 is 7.60. The zero-order valence-electron chi connectivity index (χ0n) is 18.8. The molecular formula is C23H30N4O3S2. The number of hydrogen-bond acceptors (Lipinski definition) is 7. The summed E-state index contributed by atoms with van der Waals surface area (Å²) in [6.45, 7) is 7.93. The van der Waals surface area contributed by atoms with Gasteiger partial charge in [0.25, 0.3) is 11.5 Å². The van der Waals surface area contributed by atoms with Crippen molar-refractivity contribution in [1.82, 2.24) is 14.3 Å². The van der Waals surface area contributed by atoms with Crippen LogP contribution < -0.4 is 10.9 Å². The first-order chi connectivity index (χ1) is 15.4. The lowest BCUT2D eigenvalue weighted by atomic mass is 10.2. The van der Waals surface area contributed by atoms with Gasteiger partial charge < -0.3 is 10.1 Å². The summed E-state index contributed by atoms with van der Waals surface area (Å²) >= 11 is 6.66. The maximum Gasteiger partial charge on any atom is 0.267 e. The number of anilines is 1. The van der Waals surface area contributed by atoms with Crippen molar-refractivity contribution >= 4 is 51.7 Å². The summed E-state index contributed by atoms with van der Waals surface area (Å²) in [4.78, 5) is 32.9. The summed E-state index contributed by atoms with van der Waals surface area (Å²) in [7, 11) is 0. The van der Waals surface area contributed by atoms with E-state index in [0.29, 0.717) is 46.0 Å². The third kappa shape index (κ3) is 5.96. The predicted molar refractivity (Wildman–Crippen MR) is 135 cm³/mol. The molecule has 1 aliphatic rings. The number of pyridine rings is 1. The van der Waals surface area contributed by atoms with Crippen LogP contribution in [0.25, 0.3) is 11.7 Å². The van der Waals surface area contributed by atoms with Crippen molar-refractivity contribution in [2.24, 2.45) is 0 Å². The molecule has 1 N–H and O–H groups in total. The SMILES string of the molecule is CCCCCN1C(=O)C(=Cc2c(NCCCOC(C)C)nc3ccccn3c2=O)SC1=S. The predicted octanol–water partition coefficient (Wildman–Crippen LogP) is 4.31. The first-order valence-electron chi connectivity index (χ1n) is 11.0. The number of carbonyl (C=O) groups is 1. The van der Waals surface area contributed by atoms with Gasteiger partial charge in [0.2, 0.25) is 0 Å². The number of aromatic nitrogens is 2. The Morgan fingerprint density at radius 1 is 1.25 bits per heavy atom. The minimum atomic E-state index is -0.229. The number of nitrogens with zero attached hydrogens (tertiary/aromatic N) is 3. The molecule has 0 spiro atoms. The van der Waals surface area contributed by atoms with Gasteiger partial charge in [-0.15, -0.1) is 0 Å². The largest absolute Gasteiger partial charge is 0.379 e. The van der Waals surface area contributed by atoms with E-state index in [9.17, 15) is 9.59 Å². The number of ether oxygens (including phenoxy) is 1. The maximum absolute atomic E-state index is 13.2. The summed E-state index contributed by atoms with van der Waals surface area (Å²) in [5.74, 6) is 0.312. The number of thiocarbonyl (C=S) groups is 1. The van der Waals surface area contributed by atoms with Crippen LogP contribution in [0.15, 0.2) is 34.1 Å². The molecule has 1 aliphatic heterocycles. The molecule has 1 saturated heterocycles. The van der Waals surface area contributed by atoms with Gasteiger partial charge in [0.15, 0.2) is 0 Å². The van der Waals surface area contributed by atoms with Gasteiger partial charge in [0, 0.05) is 25.9 Å². The Balaban J connectivity index is 1.88. The molecule has 2 aromatic heterocycles. The first kappa shape index (κ1) is 24.4. The molecule has 0 saturated carbocycles. The van der Waals surface area contributed by atoms with E-state index in [2.05, 4.69) is 17.2 Å². The summed E-state index contributed by atoms with van der Waals surface area (Å²) in [5.41, 5.74) is 0.669. The highest BCUT2D eigenvalue weighted by Gasteiger charge is 2.32. The standard InChI is InChI=1S/C23H30N4O3S2/c1-4-5-7-13-27-22(29)18(32-23(27)31)15-17-20(24-11-9-14-30-16(2)3)25-19-10-6-8-12-26(19)21(17)28/h6,8,10,12,15-16,24H,4-5,7,9,11,13-14H2,1-3H3. The Kier molecular flexibility index (Phi) is 8.84. The van der Waals surface area contributed by atoms with E-state index in [1.807, 2.05) is 19.9 Å². The highest BCUT2D eigenvalue weighted by molar-refractivity contribution is 8.26. The number of nitrogens with one attached hydrogen (secondary N) is 1. The quantitative estimate of drug-likeness (QED) is 0.295. The van der Waals surface area contributed by atoms with Gasteiger partial charge in [-0.2, -0.15) is 0 Å². The number of rotatable bonds is 11. The number of amides is 1. The fraction of sp³-hybridized carbons (Fsp3) is 0.478. The van der Waals surface area contributed by atoms with Gasteiger partial charge in [0.1, 0.15) is 15.8 Å². The third-order valence-corrected chi connectivity index (χ3v) is 6.35. The van der Waals surface area contributed by atoms with E-state index in [0.717, 1.165) is 25.7 Å². The summed E-state index contributed by atoms with van der Waals surface area (Å²) in [5, 5.41) is 3.26. The lowest BCUT2D eigenvalue weighted by molar-refractivity contribution is -0.122. The van der Waals surface area contributed by atoms with Crippen LogP contribution in [0.1, 0.15) is 52.0 Å². The van der Waals surface area contributed by atoms with E-state index in [1.54, 1.807) is 29.3 Å². The summed E-state index contributed by atoms with van der Waals surface area (Å²) in [6, 6.07) is 5.40. The maximum atomic E-state index is 13.2. The van der Waals surface area contributed by atoms with Gasteiger partial charge >= 0.3 is 0 Å². The molecular weight excluding hydrogens is 444 g/mol. The Bertz CT molecular complexity index is 1060. The molecule has 2 aromatic rings. The highest BCUT2D eigenvalue weighted by atomic mass is 32.2. The minimum absolute atomic E-state index is 0.148. The van der Waals surface area contributed by atoms with Crippen LogP contribution in [0.2, 0.25) is 0 Å². The molecule has 3 heterocycles. The Labute approximate surface area is 198 Å². The molecule has 3 rings (SSSR count). The molecule has 0 aromatic carbocycles. The average molecular weight is 475 g/mol. The molecule has 0 aliphatic carbocycles. The number of unbranched alkanes of at least 4 members (excludes halogenated alkanes) is 2. The lowest BCUT2D eigenvalue weighted by Gasteiger charge is -2.14. The van der Waals surface area contributed by atoms with E-state index in [4.69, 9.17) is 17.0 Å². The Morgan fingerprint density at radius 3 is 2.81 bits per heavy atom. The average Bonchev–Trinajstić information content (AvgIpc) is 3.03. The fourth-order valence-corrected chi connectivity index (χ4v) is 4.60. The van der Waals surface area contributed by atoms with Gasteiger partial charge in [-0.3, -0.25) is 18.9 Å². The molecule has 7 nitrogen and oxygen atoms in total. The molecule has 1 fully saturated rings. The van der Waals surface area contributed by atoms with Gasteiger partial charge in [0.05, 0.1) is 16.6 Å². The van der Waals surface area contributed by atoms with Gasteiger partial charge in [-0.05, 0) is 44.9 Å². The van der Waals surface area contributed by atoms with Crippen molar-refractivity contribution in [1.29, 1.82) is 0 Å². The second kappa shape index (κ2) is 11.6. The lowest BCUT2D eigenvalue weighted by Crippen LogP contribution is -2.29. The second-order valence-corrected chi connectivity index (χ2v) is 9.52. The number of thioether (sulfide) groups is 1. The van der Waals surface area contributed by atoms with E-state index < -0.39 is 0 Å². The topological polar surface area (TPSA) is 75.9 Å². The van der Waals surface area contributed by atoms with Crippen molar-refractivity contribution in [3.05, 3.63) is 45.2 Å². The van der Waals surface area contributed by atoms with Gasteiger partial charge in [-0.1, -0.05) is 49.8 Å². The molecule has 9 heteroatoms. The molecule has 32 heavy (non-hydrogen) atoms. The van der Waals surface area contributed by atoms with Crippen molar-refractivity contribution in [2.75, 3.05) is 25.0 Å². The van der Waals surface area contributed by atoms with Crippen LogP contribution in [0.3, 0.4) is 0 Å². The van der Waals surface area contributed by atoms with Crippen molar-refractivity contribution < 1.29 is 9.53 Å².